The van der Waals surface area contributed by atoms with Crippen LogP contribution in [0, 0.1) is 5.82 Å². The van der Waals surface area contributed by atoms with Crippen LogP contribution in [0.1, 0.15) is 32.1 Å². The molecule has 1 N–H and O–H groups in total. The highest BCUT2D eigenvalue weighted by atomic mass is 79.9. The zero-order valence-electron chi connectivity index (χ0n) is 10.6. The minimum Gasteiger partial charge on any atom is -0.378 e. The Morgan fingerprint density at radius 1 is 1.47 bits per heavy atom. The second-order valence-corrected chi connectivity index (χ2v) is 5.56. The molecule has 1 saturated heterocycles. The Morgan fingerprint density at radius 2 is 2.32 bits per heavy atom. The summed E-state index contributed by atoms with van der Waals surface area (Å²) in [5, 5.41) is 2.69. The molecule has 1 heterocycles. The number of benzene rings is 1. The van der Waals surface area contributed by atoms with E-state index < -0.39 is 0 Å². The van der Waals surface area contributed by atoms with Crippen LogP contribution in [0.25, 0.3) is 0 Å². The summed E-state index contributed by atoms with van der Waals surface area (Å²) in [6.07, 6.45) is 4.64. The Hall–Kier alpha value is -0.940. The summed E-state index contributed by atoms with van der Waals surface area (Å²) in [7, 11) is 0. The van der Waals surface area contributed by atoms with Gasteiger partial charge in [-0.3, -0.25) is 4.79 Å². The number of hydrogen-bond donors (Lipinski definition) is 1. The van der Waals surface area contributed by atoms with E-state index in [1.807, 2.05) is 0 Å². The van der Waals surface area contributed by atoms with Crippen molar-refractivity contribution in [2.75, 3.05) is 11.9 Å². The van der Waals surface area contributed by atoms with Crippen molar-refractivity contribution < 1.29 is 13.9 Å². The number of carbonyl (C=O) groups excluding carboxylic acids is 1. The van der Waals surface area contributed by atoms with Crippen LogP contribution in [-0.2, 0) is 9.53 Å². The van der Waals surface area contributed by atoms with Gasteiger partial charge < -0.3 is 10.1 Å². The zero-order chi connectivity index (χ0) is 13.7. The molecule has 0 aliphatic carbocycles. The SMILES string of the molecule is O=C(CCC1CCCCO1)Nc1ccc(Br)c(F)c1. The van der Waals surface area contributed by atoms with Gasteiger partial charge in [-0.2, -0.15) is 0 Å². The van der Waals surface area contributed by atoms with Crippen LogP contribution in [0.5, 0.6) is 0 Å². The van der Waals surface area contributed by atoms with E-state index in [9.17, 15) is 9.18 Å². The van der Waals surface area contributed by atoms with Crippen molar-refractivity contribution in [1.29, 1.82) is 0 Å². The second-order valence-electron chi connectivity index (χ2n) is 4.70. The molecule has 1 atom stereocenters. The van der Waals surface area contributed by atoms with Crippen LogP contribution < -0.4 is 5.32 Å². The largest absolute Gasteiger partial charge is 0.378 e. The molecule has 1 amide bonds. The summed E-state index contributed by atoms with van der Waals surface area (Å²) in [5.74, 6) is -0.482. The van der Waals surface area contributed by atoms with E-state index in [-0.39, 0.29) is 17.8 Å². The molecule has 1 fully saturated rings. The molecule has 0 saturated carbocycles. The van der Waals surface area contributed by atoms with Crippen molar-refractivity contribution in [3.8, 4) is 0 Å². The van der Waals surface area contributed by atoms with Crippen LogP contribution in [0.4, 0.5) is 10.1 Å². The molecule has 0 spiro atoms. The van der Waals surface area contributed by atoms with E-state index in [1.54, 1.807) is 12.1 Å². The minimum atomic E-state index is -0.381. The summed E-state index contributed by atoms with van der Waals surface area (Å²) in [6.45, 7) is 0.796. The summed E-state index contributed by atoms with van der Waals surface area (Å²) in [4.78, 5) is 11.8. The van der Waals surface area contributed by atoms with Crippen molar-refractivity contribution in [2.45, 2.75) is 38.2 Å². The maximum Gasteiger partial charge on any atom is 0.224 e. The summed E-state index contributed by atoms with van der Waals surface area (Å²) < 4.78 is 19.2. The molecule has 0 aromatic heterocycles. The number of anilines is 1. The van der Waals surface area contributed by atoms with Gasteiger partial charge >= 0.3 is 0 Å². The van der Waals surface area contributed by atoms with E-state index in [0.29, 0.717) is 16.6 Å². The second kappa shape index (κ2) is 7.01. The van der Waals surface area contributed by atoms with Crippen LogP contribution in [0.2, 0.25) is 0 Å². The van der Waals surface area contributed by atoms with Gasteiger partial charge in [-0.05, 0) is 59.8 Å². The maximum absolute atomic E-state index is 13.3. The Kier molecular flexibility index (Phi) is 5.34. The molecule has 2 rings (SSSR count). The fourth-order valence-electron chi connectivity index (χ4n) is 2.12. The summed E-state index contributed by atoms with van der Waals surface area (Å²) in [5.41, 5.74) is 0.482. The zero-order valence-corrected chi connectivity index (χ0v) is 12.2. The number of rotatable bonds is 4. The van der Waals surface area contributed by atoms with Gasteiger partial charge in [-0.25, -0.2) is 4.39 Å². The Labute approximate surface area is 120 Å². The first-order valence-corrected chi connectivity index (χ1v) is 7.31. The lowest BCUT2D eigenvalue weighted by molar-refractivity contribution is -0.117. The molecule has 0 radical (unpaired) electrons. The first-order chi connectivity index (χ1) is 9.15. The van der Waals surface area contributed by atoms with E-state index >= 15 is 0 Å². The smallest absolute Gasteiger partial charge is 0.224 e. The lowest BCUT2D eigenvalue weighted by Crippen LogP contribution is -2.21. The summed E-state index contributed by atoms with van der Waals surface area (Å²) in [6, 6.07) is 4.55. The van der Waals surface area contributed by atoms with E-state index in [2.05, 4.69) is 21.2 Å². The number of ether oxygens (including phenoxy) is 1. The lowest BCUT2D eigenvalue weighted by Gasteiger charge is -2.22. The van der Waals surface area contributed by atoms with Gasteiger partial charge in [0.15, 0.2) is 0 Å². The summed E-state index contributed by atoms with van der Waals surface area (Å²) >= 11 is 3.07. The third-order valence-corrected chi connectivity index (χ3v) is 3.81. The van der Waals surface area contributed by atoms with E-state index in [0.717, 1.165) is 25.9 Å². The minimum absolute atomic E-state index is 0.101. The molecule has 3 nitrogen and oxygen atoms in total. The molecule has 104 valence electrons. The molecular formula is C14H17BrFNO2. The molecule has 1 aromatic carbocycles. The lowest BCUT2D eigenvalue weighted by atomic mass is 10.0. The third kappa shape index (κ3) is 4.58. The predicted octanol–water partition coefficient (Wildman–Crippen LogP) is 3.88. The number of carbonyl (C=O) groups is 1. The normalized spacial score (nSPS) is 19.2. The van der Waals surface area contributed by atoms with Crippen molar-refractivity contribution in [1.82, 2.24) is 0 Å². The topological polar surface area (TPSA) is 38.3 Å². The highest BCUT2D eigenvalue weighted by Gasteiger charge is 2.15. The molecule has 1 unspecified atom stereocenters. The number of halogens is 2. The first-order valence-electron chi connectivity index (χ1n) is 6.51. The molecule has 1 aliphatic rings. The van der Waals surface area contributed by atoms with E-state index in [1.165, 1.54) is 12.5 Å². The number of hydrogen-bond acceptors (Lipinski definition) is 2. The quantitative estimate of drug-likeness (QED) is 0.910. The van der Waals surface area contributed by atoms with Crippen LogP contribution >= 0.6 is 15.9 Å². The highest BCUT2D eigenvalue weighted by molar-refractivity contribution is 9.10. The van der Waals surface area contributed by atoms with Crippen molar-refractivity contribution in [3.63, 3.8) is 0 Å². The molecule has 1 aromatic rings. The first kappa shape index (κ1) is 14.5. The average molecular weight is 330 g/mol. The standard InChI is InChI=1S/C14H17BrFNO2/c15-12-6-4-10(9-13(12)16)17-14(18)7-5-11-3-1-2-8-19-11/h4,6,9,11H,1-3,5,7-8H2,(H,17,18). The maximum atomic E-state index is 13.3. The van der Waals surface area contributed by atoms with Crippen LogP contribution in [-0.4, -0.2) is 18.6 Å². The van der Waals surface area contributed by atoms with Crippen molar-refractivity contribution >= 4 is 27.5 Å². The van der Waals surface area contributed by atoms with Gasteiger partial charge in [0.1, 0.15) is 5.82 Å². The van der Waals surface area contributed by atoms with Crippen molar-refractivity contribution in [2.24, 2.45) is 0 Å². The van der Waals surface area contributed by atoms with Gasteiger partial charge in [-0.15, -0.1) is 0 Å². The van der Waals surface area contributed by atoms with Gasteiger partial charge in [0.25, 0.3) is 0 Å². The predicted molar refractivity (Wildman–Crippen MR) is 75.6 cm³/mol. The van der Waals surface area contributed by atoms with Gasteiger partial charge in [-0.1, -0.05) is 0 Å². The molecular weight excluding hydrogens is 313 g/mol. The Morgan fingerprint density at radius 3 is 3.00 bits per heavy atom. The van der Waals surface area contributed by atoms with Gasteiger partial charge in [0, 0.05) is 18.7 Å². The fourth-order valence-corrected chi connectivity index (χ4v) is 2.37. The molecule has 5 heteroatoms. The molecule has 1 aliphatic heterocycles. The molecule has 19 heavy (non-hydrogen) atoms. The average Bonchev–Trinajstić information content (AvgIpc) is 2.42. The monoisotopic (exact) mass is 329 g/mol. The van der Waals surface area contributed by atoms with E-state index in [4.69, 9.17) is 4.74 Å². The van der Waals surface area contributed by atoms with Gasteiger partial charge in [0.05, 0.1) is 10.6 Å². The number of nitrogens with one attached hydrogen (secondary N) is 1. The Balaban J connectivity index is 1.78. The Bertz CT molecular complexity index is 447. The van der Waals surface area contributed by atoms with Crippen LogP contribution in [0.15, 0.2) is 22.7 Å². The third-order valence-electron chi connectivity index (χ3n) is 3.17. The number of amides is 1. The van der Waals surface area contributed by atoms with Crippen molar-refractivity contribution in [3.05, 3.63) is 28.5 Å². The molecule has 0 bridgehead atoms. The van der Waals surface area contributed by atoms with Gasteiger partial charge in [0.2, 0.25) is 5.91 Å². The fraction of sp³-hybridized carbons (Fsp3) is 0.500. The highest BCUT2D eigenvalue weighted by Crippen LogP contribution is 2.20. The van der Waals surface area contributed by atoms with Crippen LogP contribution in [0.3, 0.4) is 0 Å².